The Labute approximate surface area is 124 Å². The summed E-state index contributed by atoms with van der Waals surface area (Å²) in [5.74, 6) is -0.0573. The molecule has 0 aliphatic rings. The van der Waals surface area contributed by atoms with Crippen molar-refractivity contribution >= 4 is 46.2 Å². The molecule has 1 heterocycles. The van der Waals surface area contributed by atoms with E-state index in [4.69, 9.17) is 11.6 Å². The smallest absolute Gasteiger partial charge is 0.185 e. The molecule has 0 N–H and O–H groups in total. The Bertz CT molecular complexity index is 793. The summed E-state index contributed by atoms with van der Waals surface area (Å²) in [7, 11) is 0. The van der Waals surface area contributed by atoms with E-state index in [2.05, 4.69) is 8.75 Å². The fraction of sp³-hybridized carbons (Fsp3) is 0. The minimum atomic E-state index is -0.0573. The number of halogens is 1. The van der Waals surface area contributed by atoms with E-state index < -0.39 is 0 Å². The summed E-state index contributed by atoms with van der Waals surface area (Å²) in [5, 5.41) is 0.618. The molecule has 1 aromatic heterocycles. The largest absolute Gasteiger partial charge is 0.289 e. The Kier molecular flexibility index (Phi) is 3.58. The topological polar surface area (TPSA) is 42.9 Å². The monoisotopic (exact) mass is 300 g/mol. The molecule has 0 bridgehead atoms. The minimum absolute atomic E-state index is 0.0573. The van der Waals surface area contributed by atoms with Gasteiger partial charge in [-0.1, -0.05) is 23.7 Å². The zero-order valence-electron chi connectivity index (χ0n) is 10.3. The molecule has 3 rings (SSSR count). The summed E-state index contributed by atoms with van der Waals surface area (Å²) < 4.78 is 8.31. The quantitative estimate of drug-likeness (QED) is 0.537. The number of aromatic nitrogens is 2. The van der Waals surface area contributed by atoms with Crippen molar-refractivity contribution in [3.63, 3.8) is 0 Å². The molecule has 0 spiro atoms. The maximum atomic E-state index is 12.0. The third kappa shape index (κ3) is 2.76. The van der Waals surface area contributed by atoms with Crippen molar-refractivity contribution in [2.75, 3.05) is 0 Å². The van der Waals surface area contributed by atoms with Gasteiger partial charge in [0.1, 0.15) is 11.0 Å². The van der Waals surface area contributed by atoms with Gasteiger partial charge < -0.3 is 0 Å². The lowest BCUT2D eigenvalue weighted by Gasteiger charge is -1.96. The molecule has 20 heavy (non-hydrogen) atoms. The average molecular weight is 301 g/mol. The maximum Gasteiger partial charge on any atom is 0.185 e. The van der Waals surface area contributed by atoms with Gasteiger partial charge in [0, 0.05) is 10.6 Å². The molecule has 98 valence electrons. The molecule has 5 heteroatoms. The summed E-state index contributed by atoms with van der Waals surface area (Å²) in [6, 6.07) is 12.5. The number of rotatable bonds is 3. The Morgan fingerprint density at radius 1 is 1.05 bits per heavy atom. The van der Waals surface area contributed by atoms with E-state index in [1.165, 1.54) is 11.7 Å². The molecule has 0 atom stereocenters. The minimum Gasteiger partial charge on any atom is -0.289 e. The first kappa shape index (κ1) is 13.0. The predicted octanol–water partition coefficient (Wildman–Crippen LogP) is 4.24. The number of ketones is 1. The molecule has 0 aliphatic carbocycles. The maximum absolute atomic E-state index is 12.0. The van der Waals surface area contributed by atoms with Crippen LogP contribution in [0.15, 0.2) is 48.5 Å². The highest BCUT2D eigenvalue weighted by Crippen LogP contribution is 2.15. The van der Waals surface area contributed by atoms with Gasteiger partial charge in [-0.15, -0.1) is 0 Å². The Morgan fingerprint density at radius 2 is 1.80 bits per heavy atom. The molecule has 3 nitrogen and oxygen atoms in total. The SMILES string of the molecule is O=C(/C=C/c1ccc2nsnc2c1)c1ccc(Cl)cc1. The average Bonchev–Trinajstić information content (AvgIpc) is 2.93. The van der Waals surface area contributed by atoms with Gasteiger partial charge in [-0.05, 0) is 48.0 Å². The first-order valence-electron chi connectivity index (χ1n) is 5.93. The highest BCUT2D eigenvalue weighted by Gasteiger charge is 2.02. The standard InChI is InChI=1S/C15H9ClN2OS/c16-12-5-3-11(4-6-12)15(19)8-2-10-1-7-13-14(9-10)18-20-17-13/h1-9H/b8-2+. The zero-order chi connectivity index (χ0) is 13.9. The van der Waals surface area contributed by atoms with E-state index in [9.17, 15) is 4.79 Å². The summed E-state index contributed by atoms with van der Waals surface area (Å²) >= 11 is 6.97. The van der Waals surface area contributed by atoms with Gasteiger partial charge in [0.05, 0.1) is 11.7 Å². The van der Waals surface area contributed by atoms with Crippen molar-refractivity contribution in [3.05, 3.63) is 64.7 Å². The third-order valence-corrected chi connectivity index (χ3v) is 3.64. The molecule has 2 aromatic carbocycles. The number of hydrogen-bond donors (Lipinski definition) is 0. The number of carbonyl (C=O) groups excluding carboxylic acids is 1. The van der Waals surface area contributed by atoms with Crippen molar-refractivity contribution in [3.8, 4) is 0 Å². The van der Waals surface area contributed by atoms with Gasteiger partial charge in [-0.2, -0.15) is 8.75 Å². The molecule has 0 saturated carbocycles. The number of benzene rings is 2. The molecule has 0 saturated heterocycles. The molecule has 0 unspecified atom stereocenters. The summed E-state index contributed by atoms with van der Waals surface area (Å²) in [4.78, 5) is 12.0. The molecule has 3 aromatic rings. The van der Waals surface area contributed by atoms with Crippen LogP contribution in [0.5, 0.6) is 0 Å². The molecule has 0 amide bonds. The van der Waals surface area contributed by atoms with E-state index in [-0.39, 0.29) is 5.78 Å². The number of nitrogens with zero attached hydrogens (tertiary/aromatic N) is 2. The zero-order valence-corrected chi connectivity index (χ0v) is 11.9. The van der Waals surface area contributed by atoms with Crippen LogP contribution in [-0.2, 0) is 0 Å². The molecular weight excluding hydrogens is 292 g/mol. The van der Waals surface area contributed by atoms with Crippen LogP contribution in [0.4, 0.5) is 0 Å². The second-order valence-corrected chi connectivity index (χ2v) is 5.18. The van der Waals surface area contributed by atoms with Crippen molar-refractivity contribution in [2.24, 2.45) is 0 Å². The second kappa shape index (κ2) is 5.53. The number of hydrogen-bond acceptors (Lipinski definition) is 4. The van der Waals surface area contributed by atoms with Gasteiger partial charge >= 0.3 is 0 Å². The molecule has 0 aliphatic heterocycles. The van der Waals surface area contributed by atoms with Crippen LogP contribution in [0.1, 0.15) is 15.9 Å². The van der Waals surface area contributed by atoms with Crippen LogP contribution in [0, 0.1) is 0 Å². The van der Waals surface area contributed by atoms with Crippen molar-refractivity contribution in [1.82, 2.24) is 8.75 Å². The molecular formula is C15H9ClN2OS. The van der Waals surface area contributed by atoms with Crippen LogP contribution in [0.3, 0.4) is 0 Å². The van der Waals surface area contributed by atoms with E-state index in [0.717, 1.165) is 16.6 Å². The number of carbonyl (C=O) groups is 1. The van der Waals surface area contributed by atoms with Gasteiger partial charge in [-0.25, -0.2) is 0 Å². The Balaban J connectivity index is 1.82. The van der Waals surface area contributed by atoms with Crippen molar-refractivity contribution < 1.29 is 4.79 Å². The van der Waals surface area contributed by atoms with Gasteiger partial charge in [0.15, 0.2) is 5.78 Å². The Hall–Kier alpha value is -2.04. The summed E-state index contributed by atoms with van der Waals surface area (Å²) in [5.41, 5.74) is 3.25. The first-order chi connectivity index (χ1) is 9.72. The van der Waals surface area contributed by atoms with Crippen molar-refractivity contribution in [1.29, 1.82) is 0 Å². The van der Waals surface area contributed by atoms with E-state index in [0.29, 0.717) is 10.6 Å². The number of allylic oxidation sites excluding steroid dienone is 1. The number of fused-ring (bicyclic) bond motifs is 1. The summed E-state index contributed by atoms with van der Waals surface area (Å²) in [6.07, 6.45) is 3.32. The van der Waals surface area contributed by atoms with Crippen LogP contribution in [0.2, 0.25) is 5.02 Å². The lowest BCUT2D eigenvalue weighted by Crippen LogP contribution is -1.93. The fourth-order valence-corrected chi connectivity index (χ4v) is 2.43. The van der Waals surface area contributed by atoms with E-state index >= 15 is 0 Å². The highest BCUT2D eigenvalue weighted by molar-refractivity contribution is 7.00. The van der Waals surface area contributed by atoms with E-state index in [1.54, 1.807) is 36.4 Å². The predicted molar refractivity (Wildman–Crippen MR) is 82.2 cm³/mol. The third-order valence-electron chi connectivity index (χ3n) is 2.83. The molecule has 0 fully saturated rings. The normalized spacial score (nSPS) is 11.2. The van der Waals surface area contributed by atoms with Crippen LogP contribution < -0.4 is 0 Å². The lowest BCUT2D eigenvalue weighted by molar-refractivity contribution is 0.104. The van der Waals surface area contributed by atoms with Gasteiger partial charge in [0.2, 0.25) is 0 Å². The molecule has 0 radical (unpaired) electrons. The Morgan fingerprint density at radius 3 is 2.60 bits per heavy atom. The van der Waals surface area contributed by atoms with Gasteiger partial charge in [-0.3, -0.25) is 4.79 Å². The van der Waals surface area contributed by atoms with Gasteiger partial charge in [0.25, 0.3) is 0 Å². The van der Waals surface area contributed by atoms with Crippen LogP contribution in [-0.4, -0.2) is 14.5 Å². The summed E-state index contributed by atoms with van der Waals surface area (Å²) in [6.45, 7) is 0. The fourth-order valence-electron chi connectivity index (χ4n) is 1.79. The second-order valence-electron chi connectivity index (χ2n) is 4.22. The van der Waals surface area contributed by atoms with E-state index in [1.807, 2.05) is 18.2 Å². The van der Waals surface area contributed by atoms with Crippen molar-refractivity contribution in [2.45, 2.75) is 0 Å². The lowest BCUT2D eigenvalue weighted by atomic mass is 10.1. The van der Waals surface area contributed by atoms with Crippen LogP contribution >= 0.6 is 23.3 Å². The first-order valence-corrected chi connectivity index (χ1v) is 7.03. The van der Waals surface area contributed by atoms with Crippen LogP contribution in [0.25, 0.3) is 17.1 Å². The highest BCUT2D eigenvalue weighted by atomic mass is 35.5.